The lowest BCUT2D eigenvalue weighted by Crippen LogP contribution is -2.43. The molecule has 1 amide bonds. The van der Waals surface area contributed by atoms with Crippen molar-refractivity contribution in [2.45, 2.75) is 26.3 Å². The van der Waals surface area contributed by atoms with Crippen molar-refractivity contribution in [3.63, 3.8) is 0 Å². The van der Waals surface area contributed by atoms with Crippen LogP contribution < -0.4 is 5.73 Å². The molecule has 1 aromatic rings. The molecule has 5 heteroatoms. The van der Waals surface area contributed by atoms with Gasteiger partial charge in [-0.3, -0.25) is 9.69 Å². The van der Waals surface area contributed by atoms with Gasteiger partial charge in [0.25, 0.3) is 0 Å². The van der Waals surface area contributed by atoms with Crippen molar-refractivity contribution >= 4 is 17.2 Å². The Bertz CT molecular complexity index is 300. The first-order valence-corrected chi connectivity index (χ1v) is 5.94. The van der Waals surface area contributed by atoms with Crippen LogP contribution in [0.5, 0.6) is 0 Å². The van der Waals surface area contributed by atoms with Gasteiger partial charge in [-0.15, -0.1) is 11.3 Å². The van der Waals surface area contributed by atoms with Gasteiger partial charge in [-0.1, -0.05) is 6.92 Å². The Balaban J connectivity index is 2.44. The van der Waals surface area contributed by atoms with Gasteiger partial charge in [-0.2, -0.15) is 0 Å². The first-order chi connectivity index (χ1) is 7.15. The predicted molar refractivity (Wildman–Crippen MR) is 61.7 cm³/mol. The first kappa shape index (κ1) is 12.1. The molecule has 0 aromatic carbocycles. The number of amides is 1. The van der Waals surface area contributed by atoms with E-state index in [9.17, 15) is 4.79 Å². The molecule has 0 aliphatic heterocycles. The number of likely N-dealkylation sites (N-methyl/N-ethyl adjacent to an activating group) is 1. The lowest BCUT2D eigenvalue weighted by molar-refractivity contribution is -0.122. The monoisotopic (exact) mass is 227 g/mol. The molecule has 1 rings (SSSR count). The predicted octanol–water partition coefficient (Wildman–Crippen LogP) is 0.881. The van der Waals surface area contributed by atoms with Crippen LogP contribution in [0.3, 0.4) is 0 Å². The molecule has 2 N–H and O–H groups in total. The van der Waals surface area contributed by atoms with E-state index >= 15 is 0 Å². The van der Waals surface area contributed by atoms with Crippen LogP contribution in [0.2, 0.25) is 0 Å². The van der Waals surface area contributed by atoms with Gasteiger partial charge in [0.15, 0.2) is 0 Å². The van der Waals surface area contributed by atoms with Crippen molar-refractivity contribution in [3.05, 3.63) is 16.6 Å². The Hall–Kier alpha value is -0.940. The first-order valence-electron chi connectivity index (χ1n) is 5.07. The Morgan fingerprint density at radius 3 is 2.93 bits per heavy atom. The molecule has 0 radical (unpaired) electrons. The molecule has 1 atom stereocenters. The molecule has 1 heterocycles. The van der Waals surface area contributed by atoms with Crippen LogP contribution >= 0.6 is 11.3 Å². The van der Waals surface area contributed by atoms with E-state index in [2.05, 4.69) is 9.88 Å². The molecule has 84 valence electrons. The van der Waals surface area contributed by atoms with Crippen LogP contribution in [-0.2, 0) is 11.2 Å². The number of hydrogen-bond donors (Lipinski definition) is 1. The summed E-state index contributed by atoms with van der Waals surface area (Å²) >= 11 is 1.64. The molecule has 0 aliphatic carbocycles. The van der Waals surface area contributed by atoms with Gasteiger partial charge in [0.2, 0.25) is 5.91 Å². The number of primary amides is 1. The van der Waals surface area contributed by atoms with Crippen molar-refractivity contribution in [1.82, 2.24) is 9.88 Å². The molecule has 0 aliphatic rings. The summed E-state index contributed by atoms with van der Waals surface area (Å²) in [6.07, 6.45) is 2.68. The standard InChI is InChI=1S/C10H17N3OS/c1-3-13(8(2)10(11)14)6-4-9-12-5-7-15-9/h5,7-8H,3-4,6H2,1-2H3,(H2,11,14)/t8-/m1/s1. The van der Waals surface area contributed by atoms with Crippen LogP contribution in [0.4, 0.5) is 0 Å². The highest BCUT2D eigenvalue weighted by Gasteiger charge is 2.16. The van der Waals surface area contributed by atoms with Crippen LogP contribution in [-0.4, -0.2) is 34.9 Å². The number of hydrogen-bond acceptors (Lipinski definition) is 4. The van der Waals surface area contributed by atoms with Crippen molar-refractivity contribution in [2.24, 2.45) is 5.73 Å². The molecule has 0 saturated carbocycles. The summed E-state index contributed by atoms with van der Waals surface area (Å²) in [7, 11) is 0. The highest BCUT2D eigenvalue weighted by Crippen LogP contribution is 2.07. The normalized spacial score (nSPS) is 13.0. The summed E-state index contributed by atoms with van der Waals surface area (Å²) in [6.45, 7) is 5.53. The second-order valence-electron chi connectivity index (χ2n) is 3.38. The molecule has 0 unspecified atom stereocenters. The van der Waals surface area contributed by atoms with Gasteiger partial charge in [0.1, 0.15) is 0 Å². The van der Waals surface area contributed by atoms with Gasteiger partial charge in [0.05, 0.1) is 11.0 Å². The average molecular weight is 227 g/mol. The third-order valence-electron chi connectivity index (χ3n) is 2.46. The van der Waals surface area contributed by atoms with E-state index < -0.39 is 0 Å². The third-order valence-corrected chi connectivity index (χ3v) is 3.30. The van der Waals surface area contributed by atoms with Gasteiger partial charge in [-0.05, 0) is 13.5 Å². The minimum atomic E-state index is -0.268. The lowest BCUT2D eigenvalue weighted by Gasteiger charge is -2.24. The maximum atomic E-state index is 11.0. The van der Waals surface area contributed by atoms with E-state index in [0.717, 1.165) is 24.5 Å². The van der Waals surface area contributed by atoms with Crippen molar-refractivity contribution in [2.75, 3.05) is 13.1 Å². The van der Waals surface area contributed by atoms with Crippen LogP contribution in [0.25, 0.3) is 0 Å². The Kier molecular flexibility index (Phi) is 4.71. The summed E-state index contributed by atoms with van der Waals surface area (Å²) in [5.41, 5.74) is 5.27. The van der Waals surface area contributed by atoms with Gasteiger partial charge < -0.3 is 5.73 Å². The Morgan fingerprint density at radius 2 is 2.47 bits per heavy atom. The maximum Gasteiger partial charge on any atom is 0.234 e. The SMILES string of the molecule is CCN(CCc1nccs1)[C@H](C)C(N)=O. The zero-order valence-corrected chi connectivity index (χ0v) is 9.96. The average Bonchev–Trinajstić information content (AvgIpc) is 2.71. The maximum absolute atomic E-state index is 11.0. The minimum absolute atomic E-state index is 0.199. The van der Waals surface area contributed by atoms with Gasteiger partial charge in [0, 0.05) is 24.5 Å². The molecule has 0 bridgehead atoms. The molecule has 0 saturated heterocycles. The summed E-state index contributed by atoms with van der Waals surface area (Å²) in [4.78, 5) is 17.3. The van der Waals surface area contributed by atoms with Crippen molar-refractivity contribution in [1.29, 1.82) is 0 Å². The van der Waals surface area contributed by atoms with E-state index in [4.69, 9.17) is 5.73 Å². The van der Waals surface area contributed by atoms with E-state index in [1.165, 1.54) is 0 Å². The van der Waals surface area contributed by atoms with Crippen LogP contribution in [0.1, 0.15) is 18.9 Å². The van der Waals surface area contributed by atoms with E-state index in [-0.39, 0.29) is 11.9 Å². The number of thiazole rings is 1. The number of nitrogens with zero attached hydrogens (tertiary/aromatic N) is 2. The zero-order valence-electron chi connectivity index (χ0n) is 9.14. The molecule has 1 aromatic heterocycles. The number of nitrogens with two attached hydrogens (primary N) is 1. The van der Waals surface area contributed by atoms with Crippen LogP contribution in [0.15, 0.2) is 11.6 Å². The van der Waals surface area contributed by atoms with Gasteiger partial charge in [-0.25, -0.2) is 4.98 Å². The van der Waals surface area contributed by atoms with Gasteiger partial charge >= 0.3 is 0 Å². The molecule has 15 heavy (non-hydrogen) atoms. The van der Waals surface area contributed by atoms with E-state index in [0.29, 0.717) is 0 Å². The Morgan fingerprint density at radius 1 is 1.73 bits per heavy atom. The highest BCUT2D eigenvalue weighted by molar-refractivity contribution is 7.09. The molecule has 0 fully saturated rings. The van der Waals surface area contributed by atoms with Crippen LogP contribution in [0, 0.1) is 0 Å². The topological polar surface area (TPSA) is 59.2 Å². The lowest BCUT2D eigenvalue weighted by atomic mass is 10.2. The largest absolute Gasteiger partial charge is 0.368 e. The second kappa shape index (κ2) is 5.82. The summed E-state index contributed by atoms with van der Waals surface area (Å²) in [6, 6.07) is -0.199. The third kappa shape index (κ3) is 3.60. The number of rotatable bonds is 6. The number of aromatic nitrogens is 1. The summed E-state index contributed by atoms with van der Waals surface area (Å²) in [5.74, 6) is -0.268. The summed E-state index contributed by atoms with van der Waals surface area (Å²) in [5, 5.41) is 3.06. The number of carbonyl (C=O) groups is 1. The molecule has 0 spiro atoms. The molecule has 4 nitrogen and oxygen atoms in total. The van der Waals surface area contributed by atoms with E-state index in [1.807, 2.05) is 19.2 Å². The highest BCUT2D eigenvalue weighted by atomic mass is 32.1. The fraction of sp³-hybridized carbons (Fsp3) is 0.600. The van der Waals surface area contributed by atoms with Crippen molar-refractivity contribution < 1.29 is 4.79 Å². The van der Waals surface area contributed by atoms with E-state index in [1.54, 1.807) is 17.5 Å². The fourth-order valence-electron chi connectivity index (χ4n) is 1.42. The smallest absolute Gasteiger partial charge is 0.234 e. The number of carbonyl (C=O) groups excluding carboxylic acids is 1. The fourth-order valence-corrected chi connectivity index (χ4v) is 2.03. The summed E-state index contributed by atoms with van der Waals surface area (Å²) < 4.78 is 0. The second-order valence-corrected chi connectivity index (χ2v) is 4.36. The van der Waals surface area contributed by atoms with Crippen molar-refractivity contribution in [3.8, 4) is 0 Å². The molecular weight excluding hydrogens is 210 g/mol. The quantitative estimate of drug-likeness (QED) is 0.785. The molecular formula is C10H17N3OS. The zero-order chi connectivity index (χ0) is 11.3. The Labute approximate surface area is 94.1 Å². The minimum Gasteiger partial charge on any atom is -0.368 e.